The topological polar surface area (TPSA) is 80.3 Å². The lowest BCUT2D eigenvalue weighted by atomic mass is 9.63. The third-order valence-electron chi connectivity index (χ3n) is 5.89. The van der Waals surface area contributed by atoms with Crippen molar-refractivity contribution in [2.24, 2.45) is 16.7 Å². The van der Waals surface area contributed by atoms with Gasteiger partial charge in [-0.2, -0.15) is 30.7 Å². The summed E-state index contributed by atoms with van der Waals surface area (Å²) in [5.74, 6) is -18.5. The number of amides is 1. The van der Waals surface area contributed by atoms with Gasteiger partial charge in [0.05, 0.1) is 11.2 Å². The molecule has 13 heteroatoms. The average molecular weight is 457 g/mol. The van der Waals surface area contributed by atoms with Crippen molar-refractivity contribution in [3.8, 4) is 0 Å². The lowest BCUT2D eigenvalue weighted by molar-refractivity contribution is -0.343. The number of ketones is 1. The zero-order chi connectivity index (χ0) is 23.3. The first-order valence-electron chi connectivity index (χ1n) is 8.60. The molecule has 0 aromatic carbocycles. The first-order valence-corrected chi connectivity index (χ1v) is 10.3. The van der Waals surface area contributed by atoms with E-state index >= 15 is 0 Å². The molecular formula is C16H22F7NO4S. The van der Waals surface area contributed by atoms with Crippen molar-refractivity contribution in [1.29, 1.82) is 0 Å². The number of carbonyl (C=O) groups is 2. The molecule has 170 valence electrons. The van der Waals surface area contributed by atoms with Crippen LogP contribution in [0.5, 0.6) is 0 Å². The molecular weight excluding hydrogens is 435 g/mol. The second kappa shape index (κ2) is 7.38. The van der Waals surface area contributed by atoms with E-state index in [1.807, 2.05) is 0 Å². The van der Waals surface area contributed by atoms with Gasteiger partial charge in [0.15, 0.2) is 0 Å². The largest absolute Gasteiger partial charge is 0.460 e. The van der Waals surface area contributed by atoms with Gasteiger partial charge in [0, 0.05) is 6.42 Å². The fourth-order valence-electron chi connectivity index (χ4n) is 3.67. The normalized spacial score (nSPS) is 25.9. The first kappa shape index (κ1) is 25.6. The average Bonchev–Trinajstić information content (AvgIpc) is 2.66. The number of sulfonamides is 1. The van der Waals surface area contributed by atoms with Gasteiger partial charge in [0.25, 0.3) is 0 Å². The number of Topliss-reactive ketones (excluding diaryl/α,β-unsaturated/α-hetero) is 1. The Hall–Kier alpha value is -1.40. The Morgan fingerprint density at radius 1 is 1.14 bits per heavy atom. The number of rotatable bonds is 7. The van der Waals surface area contributed by atoms with E-state index < -0.39 is 56.3 Å². The first-order chi connectivity index (χ1) is 12.7. The number of alkyl halides is 7. The van der Waals surface area contributed by atoms with Crippen LogP contribution in [0.1, 0.15) is 47.0 Å². The highest BCUT2D eigenvalue weighted by molar-refractivity contribution is 7.90. The van der Waals surface area contributed by atoms with Crippen LogP contribution in [0.15, 0.2) is 0 Å². The number of hydrogen-bond acceptors (Lipinski definition) is 4. The Labute approximate surface area is 163 Å². The van der Waals surface area contributed by atoms with E-state index in [-0.39, 0.29) is 18.8 Å². The maximum Gasteiger partial charge on any atom is 0.460 e. The summed E-state index contributed by atoms with van der Waals surface area (Å²) in [5, 5.41) is 0. The second-order valence-corrected chi connectivity index (χ2v) is 9.64. The summed E-state index contributed by atoms with van der Waals surface area (Å²) in [6, 6.07) is 0. The Kier molecular flexibility index (Phi) is 6.52. The smallest absolute Gasteiger partial charge is 0.299 e. The summed E-state index contributed by atoms with van der Waals surface area (Å²) >= 11 is 0. The number of nitrogens with one attached hydrogen (secondary N) is 1. The molecule has 2 atom stereocenters. The molecule has 0 bridgehead atoms. The van der Waals surface area contributed by atoms with Gasteiger partial charge in [-0.15, -0.1) is 0 Å². The summed E-state index contributed by atoms with van der Waals surface area (Å²) in [6.07, 6.45) is -6.53. The lowest BCUT2D eigenvalue weighted by Crippen LogP contribution is -2.61. The molecule has 1 saturated carbocycles. The summed E-state index contributed by atoms with van der Waals surface area (Å²) in [4.78, 5) is 24.0. The van der Waals surface area contributed by atoms with Gasteiger partial charge in [-0.1, -0.05) is 34.1 Å². The van der Waals surface area contributed by atoms with Crippen LogP contribution in [0.2, 0.25) is 0 Å². The fourth-order valence-corrected chi connectivity index (χ4v) is 5.48. The zero-order valence-corrected chi connectivity index (χ0v) is 16.9. The van der Waals surface area contributed by atoms with Crippen molar-refractivity contribution < 1.29 is 48.7 Å². The van der Waals surface area contributed by atoms with Gasteiger partial charge in [0.2, 0.25) is 10.0 Å². The van der Waals surface area contributed by atoms with E-state index in [2.05, 4.69) is 0 Å². The van der Waals surface area contributed by atoms with E-state index in [0.29, 0.717) is 11.1 Å². The molecule has 0 saturated heterocycles. The number of carbonyl (C=O) groups excluding carboxylic acids is 2. The molecule has 0 aromatic heterocycles. The van der Waals surface area contributed by atoms with Gasteiger partial charge < -0.3 is 0 Å². The molecule has 2 unspecified atom stereocenters. The van der Waals surface area contributed by atoms with Crippen LogP contribution in [-0.2, 0) is 19.6 Å². The Morgan fingerprint density at radius 2 is 1.62 bits per heavy atom. The van der Waals surface area contributed by atoms with E-state index in [4.69, 9.17) is 0 Å². The van der Waals surface area contributed by atoms with Gasteiger partial charge >= 0.3 is 23.9 Å². The van der Waals surface area contributed by atoms with E-state index in [1.165, 1.54) is 0 Å². The van der Waals surface area contributed by atoms with Crippen molar-refractivity contribution in [2.45, 2.75) is 65.0 Å². The number of hydrogen-bond donors (Lipinski definition) is 1. The fraction of sp³-hybridized carbons (Fsp3) is 0.875. The van der Waals surface area contributed by atoms with Gasteiger partial charge in [-0.25, -0.2) is 13.1 Å². The highest BCUT2D eigenvalue weighted by Gasteiger charge is 2.76. The van der Waals surface area contributed by atoms with E-state index in [0.717, 1.165) is 0 Å². The molecule has 29 heavy (non-hydrogen) atoms. The minimum atomic E-state index is -6.79. The third-order valence-corrected chi connectivity index (χ3v) is 7.26. The van der Waals surface area contributed by atoms with Crippen LogP contribution in [-0.4, -0.2) is 43.9 Å². The Balaban J connectivity index is 3.26. The van der Waals surface area contributed by atoms with Gasteiger partial charge in [-0.05, 0) is 17.8 Å². The van der Waals surface area contributed by atoms with Crippen LogP contribution >= 0.6 is 0 Å². The van der Waals surface area contributed by atoms with Crippen molar-refractivity contribution in [3.63, 3.8) is 0 Å². The molecule has 1 N–H and O–H groups in total. The molecule has 1 amide bonds. The Morgan fingerprint density at radius 3 is 1.97 bits per heavy atom. The van der Waals surface area contributed by atoms with Crippen LogP contribution < -0.4 is 4.72 Å². The molecule has 1 aliphatic rings. The van der Waals surface area contributed by atoms with Crippen LogP contribution in [0.4, 0.5) is 30.7 Å². The Bertz CT molecular complexity index is 777. The van der Waals surface area contributed by atoms with Crippen LogP contribution in [0.25, 0.3) is 0 Å². The molecule has 1 fully saturated rings. The molecule has 0 aromatic rings. The summed E-state index contributed by atoms with van der Waals surface area (Å²) in [6.45, 7) is 6.43. The minimum Gasteiger partial charge on any atom is -0.299 e. The van der Waals surface area contributed by atoms with Crippen molar-refractivity contribution >= 4 is 21.7 Å². The summed E-state index contributed by atoms with van der Waals surface area (Å²) in [5.41, 5.74) is -2.58. The quantitative estimate of drug-likeness (QED) is 0.592. The predicted molar refractivity (Wildman–Crippen MR) is 87.8 cm³/mol. The standard InChI is InChI=1S/C16H22F7NO4S/c1-5-6-13(10(25)7-9(2)12(13,3)4)8-29(27,28)24-11(26)14(17,18)15(19,20)16(21,22)23/h9H,5-8H2,1-4H3,(H,24,26). The van der Waals surface area contributed by atoms with Crippen molar-refractivity contribution in [1.82, 2.24) is 4.72 Å². The molecule has 0 spiro atoms. The second-order valence-electron chi connectivity index (χ2n) is 7.92. The molecule has 0 heterocycles. The van der Waals surface area contributed by atoms with E-state index in [9.17, 15) is 48.7 Å². The highest BCUT2D eigenvalue weighted by atomic mass is 32.2. The molecule has 1 aliphatic carbocycles. The molecule has 0 radical (unpaired) electrons. The summed E-state index contributed by atoms with van der Waals surface area (Å²) < 4.78 is 115. The molecule has 1 rings (SSSR count). The third kappa shape index (κ3) is 4.11. The van der Waals surface area contributed by atoms with Gasteiger partial charge in [0.1, 0.15) is 5.78 Å². The summed E-state index contributed by atoms with van der Waals surface area (Å²) in [7, 11) is -5.16. The van der Waals surface area contributed by atoms with Crippen molar-refractivity contribution in [3.05, 3.63) is 0 Å². The monoisotopic (exact) mass is 457 g/mol. The minimum absolute atomic E-state index is 0.00657. The maximum atomic E-state index is 13.5. The van der Waals surface area contributed by atoms with Crippen molar-refractivity contribution in [2.75, 3.05) is 5.75 Å². The number of halogens is 7. The van der Waals surface area contributed by atoms with Gasteiger partial charge in [-0.3, -0.25) is 9.59 Å². The van der Waals surface area contributed by atoms with Crippen LogP contribution in [0.3, 0.4) is 0 Å². The molecule has 5 nitrogen and oxygen atoms in total. The predicted octanol–water partition coefficient (Wildman–Crippen LogP) is 3.69. The maximum absolute atomic E-state index is 13.5. The van der Waals surface area contributed by atoms with E-state index in [1.54, 1.807) is 27.7 Å². The van der Waals surface area contributed by atoms with Crippen LogP contribution in [0, 0.1) is 16.7 Å². The highest BCUT2D eigenvalue weighted by Crippen LogP contribution is 2.56. The lowest BCUT2D eigenvalue weighted by Gasteiger charge is -2.42. The molecule has 0 aliphatic heterocycles. The SMILES string of the molecule is CCCC1(CS(=O)(=O)NC(=O)C(F)(F)C(F)(F)C(F)(F)F)C(=O)CC(C)C1(C)C. The zero-order valence-electron chi connectivity index (χ0n) is 16.1.